The summed E-state index contributed by atoms with van der Waals surface area (Å²) >= 11 is 0. The van der Waals surface area contributed by atoms with Gasteiger partial charge in [-0.05, 0) is 18.2 Å². The van der Waals surface area contributed by atoms with Crippen LogP contribution in [0.1, 0.15) is 11.7 Å². The molecule has 4 heteroatoms. The summed E-state index contributed by atoms with van der Waals surface area (Å²) in [6, 6.07) is 3.74. The molecule has 0 radical (unpaired) electrons. The topological polar surface area (TPSA) is 45.5 Å². The summed E-state index contributed by atoms with van der Waals surface area (Å²) in [6.07, 6.45) is 7.59. The molecule has 1 N–H and O–H groups in total. The molecule has 1 aromatic rings. The molecule has 0 spiro atoms. The average Bonchev–Trinajstić information content (AvgIpc) is 3.01. The van der Waals surface area contributed by atoms with Crippen LogP contribution in [0.3, 0.4) is 0 Å². The van der Waals surface area contributed by atoms with E-state index >= 15 is 0 Å². The Morgan fingerprint density at radius 2 is 2.21 bits per heavy atom. The van der Waals surface area contributed by atoms with Crippen LogP contribution in [0.15, 0.2) is 52.3 Å². The Balaban J connectivity index is 1.91. The van der Waals surface area contributed by atoms with Crippen molar-refractivity contribution in [3.05, 3.63) is 53.7 Å². The van der Waals surface area contributed by atoms with Gasteiger partial charge in [0.05, 0.1) is 23.5 Å². The van der Waals surface area contributed by atoms with Crippen molar-refractivity contribution in [2.75, 3.05) is 26.2 Å². The maximum Gasteiger partial charge on any atom is 0.131 e. The summed E-state index contributed by atoms with van der Waals surface area (Å²) < 4.78 is 5.43. The number of nitrogens with zero attached hydrogens (tertiary/aromatic N) is 1. The largest absolute Gasteiger partial charge is 0.468 e. The van der Waals surface area contributed by atoms with Gasteiger partial charge in [0, 0.05) is 26.2 Å². The van der Waals surface area contributed by atoms with Crippen LogP contribution in [-0.2, 0) is 4.79 Å². The van der Waals surface area contributed by atoms with Gasteiger partial charge in [-0.1, -0.05) is 12.2 Å². The Kier molecular flexibility index (Phi) is 3.36. The van der Waals surface area contributed by atoms with E-state index in [1.54, 1.807) is 6.26 Å². The van der Waals surface area contributed by atoms with Crippen molar-refractivity contribution in [3.8, 4) is 0 Å². The second-order valence-electron chi connectivity index (χ2n) is 4.68. The average molecular weight is 256 g/mol. The minimum absolute atomic E-state index is 0.123. The number of hydrogen-bond donors (Lipinski definition) is 1. The van der Waals surface area contributed by atoms with Gasteiger partial charge in [0.2, 0.25) is 0 Å². The fourth-order valence-electron chi connectivity index (χ4n) is 2.61. The first-order chi connectivity index (χ1) is 9.40. The van der Waals surface area contributed by atoms with E-state index in [1.807, 2.05) is 30.4 Å². The van der Waals surface area contributed by atoms with Crippen molar-refractivity contribution < 1.29 is 9.21 Å². The second kappa shape index (κ2) is 5.31. The molecule has 2 heterocycles. The first kappa shape index (κ1) is 12.0. The van der Waals surface area contributed by atoms with Gasteiger partial charge in [-0.2, -0.15) is 0 Å². The van der Waals surface area contributed by atoms with Crippen LogP contribution < -0.4 is 5.32 Å². The van der Waals surface area contributed by atoms with Crippen LogP contribution in [0.5, 0.6) is 0 Å². The van der Waals surface area contributed by atoms with Crippen molar-refractivity contribution in [1.29, 1.82) is 0 Å². The van der Waals surface area contributed by atoms with E-state index in [0.717, 1.165) is 37.6 Å². The highest BCUT2D eigenvalue weighted by Crippen LogP contribution is 2.34. The number of furan rings is 1. The third-order valence-corrected chi connectivity index (χ3v) is 3.56. The molecule has 2 aliphatic rings. The van der Waals surface area contributed by atoms with Gasteiger partial charge in [-0.25, -0.2) is 4.79 Å². The van der Waals surface area contributed by atoms with Crippen LogP contribution in [0.2, 0.25) is 0 Å². The first-order valence-corrected chi connectivity index (χ1v) is 6.53. The maximum absolute atomic E-state index is 11.4. The molecular formula is C15H16N2O2. The smallest absolute Gasteiger partial charge is 0.131 e. The number of nitrogens with one attached hydrogen (secondary N) is 1. The molecule has 0 amide bonds. The summed E-state index contributed by atoms with van der Waals surface area (Å²) in [5, 5.41) is 3.31. The predicted octanol–water partition coefficient (Wildman–Crippen LogP) is 1.48. The van der Waals surface area contributed by atoms with E-state index in [9.17, 15) is 4.79 Å². The molecular weight excluding hydrogens is 240 g/mol. The van der Waals surface area contributed by atoms with Crippen LogP contribution in [0.4, 0.5) is 0 Å². The minimum atomic E-state index is -0.123. The van der Waals surface area contributed by atoms with E-state index in [-0.39, 0.29) is 5.92 Å². The van der Waals surface area contributed by atoms with Crippen molar-refractivity contribution >= 4 is 5.94 Å². The van der Waals surface area contributed by atoms with Gasteiger partial charge >= 0.3 is 0 Å². The molecule has 1 aliphatic heterocycles. The Bertz CT molecular complexity index is 545. The lowest BCUT2D eigenvalue weighted by atomic mass is 9.90. The molecule has 1 fully saturated rings. The van der Waals surface area contributed by atoms with E-state index in [4.69, 9.17) is 4.42 Å². The van der Waals surface area contributed by atoms with E-state index < -0.39 is 0 Å². The van der Waals surface area contributed by atoms with Gasteiger partial charge in [-0.15, -0.1) is 0 Å². The molecule has 4 nitrogen and oxygen atoms in total. The highest BCUT2D eigenvalue weighted by atomic mass is 16.3. The van der Waals surface area contributed by atoms with Gasteiger partial charge in [0.15, 0.2) is 0 Å². The van der Waals surface area contributed by atoms with Crippen molar-refractivity contribution in [1.82, 2.24) is 10.2 Å². The first-order valence-electron chi connectivity index (χ1n) is 6.53. The zero-order chi connectivity index (χ0) is 13.1. The van der Waals surface area contributed by atoms with E-state index in [0.29, 0.717) is 5.57 Å². The molecule has 0 saturated carbocycles. The minimum Gasteiger partial charge on any atom is -0.468 e. The van der Waals surface area contributed by atoms with Crippen LogP contribution in [0.25, 0.3) is 0 Å². The number of allylic oxidation sites excluding steroid dienone is 4. The fourth-order valence-corrected chi connectivity index (χ4v) is 2.61. The van der Waals surface area contributed by atoms with Crippen LogP contribution in [-0.4, -0.2) is 37.0 Å². The van der Waals surface area contributed by atoms with Crippen molar-refractivity contribution in [2.45, 2.75) is 5.92 Å². The SMILES string of the molecule is O=C=C1C(N2CCNCC2)=CC=CC1c1ccco1. The second-order valence-corrected chi connectivity index (χ2v) is 4.68. The van der Waals surface area contributed by atoms with E-state index in [1.165, 1.54) is 0 Å². The van der Waals surface area contributed by atoms with Gasteiger partial charge in [-0.3, -0.25) is 0 Å². The highest BCUT2D eigenvalue weighted by Gasteiger charge is 2.27. The number of carbonyl (C=O) groups excluding carboxylic acids is 1. The molecule has 0 aromatic carbocycles. The molecule has 1 aromatic heterocycles. The Morgan fingerprint density at radius 3 is 2.89 bits per heavy atom. The molecule has 1 saturated heterocycles. The predicted molar refractivity (Wildman–Crippen MR) is 72.3 cm³/mol. The normalized spacial score (nSPS) is 23.2. The highest BCUT2D eigenvalue weighted by molar-refractivity contribution is 5.66. The Labute approximate surface area is 112 Å². The Hall–Kier alpha value is -2.03. The lowest BCUT2D eigenvalue weighted by Crippen LogP contribution is -2.43. The summed E-state index contributed by atoms with van der Waals surface area (Å²) in [5.74, 6) is 2.78. The van der Waals surface area contributed by atoms with Crippen molar-refractivity contribution in [2.24, 2.45) is 0 Å². The molecule has 1 aliphatic carbocycles. The van der Waals surface area contributed by atoms with Gasteiger partial charge in [0.1, 0.15) is 11.7 Å². The molecule has 98 valence electrons. The zero-order valence-electron chi connectivity index (χ0n) is 10.6. The number of hydrogen-bond acceptors (Lipinski definition) is 4. The summed E-state index contributed by atoms with van der Waals surface area (Å²) in [4.78, 5) is 13.6. The third-order valence-electron chi connectivity index (χ3n) is 3.56. The van der Waals surface area contributed by atoms with Crippen LogP contribution >= 0.6 is 0 Å². The lowest BCUT2D eigenvalue weighted by Gasteiger charge is -2.33. The van der Waals surface area contributed by atoms with E-state index in [2.05, 4.69) is 16.2 Å². The summed E-state index contributed by atoms with van der Waals surface area (Å²) in [6.45, 7) is 3.71. The fraction of sp³-hybridized carbons (Fsp3) is 0.333. The lowest BCUT2D eigenvalue weighted by molar-refractivity contribution is 0.301. The van der Waals surface area contributed by atoms with Crippen LogP contribution in [0, 0.1) is 0 Å². The molecule has 19 heavy (non-hydrogen) atoms. The maximum atomic E-state index is 11.4. The standard InChI is InChI=1S/C15H16N2O2/c18-11-13-12(15-5-2-10-19-15)3-1-4-14(13)17-8-6-16-7-9-17/h1-5,10,12,16H,6-9H2. The van der Waals surface area contributed by atoms with Gasteiger partial charge < -0.3 is 14.6 Å². The van der Waals surface area contributed by atoms with Crippen molar-refractivity contribution in [3.63, 3.8) is 0 Å². The zero-order valence-corrected chi connectivity index (χ0v) is 10.6. The monoisotopic (exact) mass is 256 g/mol. The van der Waals surface area contributed by atoms with Gasteiger partial charge in [0.25, 0.3) is 0 Å². The third kappa shape index (κ3) is 2.28. The molecule has 1 atom stereocenters. The molecule has 0 bridgehead atoms. The summed E-state index contributed by atoms with van der Waals surface area (Å²) in [7, 11) is 0. The molecule has 3 rings (SSSR count). The number of rotatable bonds is 2. The molecule has 1 unspecified atom stereocenters. The quantitative estimate of drug-likeness (QED) is 0.814. The Morgan fingerprint density at radius 1 is 1.37 bits per heavy atom. The number of piperazine rings is 1. The summed E-state index contributed by atoms with van der Waals surface area (Å²) in [5.41, 5.74) is 1.64.